The van der Waals surface area contributed by atoms with Crippen LogP contribution in [0, 0.1) is 0 Å². The summed E-state index contributed by atoms with van der Waals surface area (Å²) in [6.45, 7) is 0.346. The molecule has 2 N–H and O–H groups in total. The number of carbonyl (C=O) groups excluding carboxylic acids is 1. The van der Waals surface area contributed by atoms with Gasteiger partial charge in [-0.05, 0) is 29.4 Å². The molecule has 2 aliphatic rings. The fraction of sp³-hybridized carbons (Fsp3) is 0.417. The monoisotopic (exact) mass is 295 g/mol. The van der Waals surface area contributed by atoms with E-state index in [-0.39, 0.29) is 6.42 Å². The van der Waals surface area contributed by atoms with Gasteiger partial charge in [-0.15, -0.1) is 0 Å². The zero-order valence-corrected chi connectivity index (χ0v) is 11.5. The molecule has 0 bridgehead atoms. The molecule has 1 aromatic carbocycles. The van der Waals surface area contributed by atoms with Crippen LogP contribution in [0.3, 0.4) is 0 Å². The lowest BCUT2D eigenvalue weighted by atomic mass is 9.78. The first-order valence-electron chi connectivity index (χ1n) is 6.41. The fourth-order valence-electron chi connectivity index (χ4n) is 2.22. The molecule has 1 fully saturated rings. The van der Waals surface area contributed by atoms with Crippen LogP contribution in [-0.2, 0) is 32.5 Å². The highest BCUT2D eigenvalue weighted by Crippen LogP contribution is 2.27. The largest absolute Gasteiger partial charge is 0.491 e. The van der Waals surface area contributed by atoms with E-state index in [4.69, 9.17) is 4.65 Å². The van der Waals surface area contributed by atoms with E-state index in [2.05, 4.69) is 4.72 Å². The van der Waals surface area contributed by atoms with Crippen LogP contribution < -0.4 is 10.2 Å². The first-order valence-corrected chi connectivity index (χ1v) is 7.96. The van der Waals surface area contributed by atoms with Crippen molar-refractivity contribution in [2.75, 3.05) is 0 Å². The maximum atomic E-state index is 11.8. The van der Waals surface area contributed by atoms with Gasteiger partial charge in [0.2, 0.25) is 15.9 Å². The summed E-state index contributed by atoms with van der Waals surface area (Å²) in [6, 6.07) is 5.20. The summed E-state index contributed by atoms with van der Waals surface area (Å²) >= 11 is 0. The molecule has 20 heavy (non-hydrogen) atoms. The molecule has 106 valence electrons. The van der Waals surface area contributed by atoms with Crippen molar-refractivity contribution in [3.8, 4) is 0 Å². The first kappa shape index (κ1) is 13.6. The van der Waals surface area contributed by atoms with Gasteiger partial charge in [0.1, 0.15) is 0 Å². The molecule has 6 nitrogen and oxygen atoms in total. The smallest absolute Gasteiger partial charge is 0.423 e. The highest BCUT2D eigenvalue weighted by Gasteiger charge is 2.36. The Morgan fingerprint density at radius 1 is 1.45 bits per heavy atom. The Labute approximate surface area is 117 Å². The number of rotatable bonds is 4. The molecule has 1 saturated carbocycles. The summed E-state index contributed by atoms with van der Waals surface area (Å²) in [5.41, 5.74) is 2.17. The van der Waals surface area contributed by atoms with Gasteiger partial charge in [0, 0.05) is 0 Å². The van der Waals surface area contributed by atoms with E-state index in [0.717, 1.165) is 5.56 Å². The minimum atomic E-state index is -3.50. The summed E-state index contributed by atoms with van der Waals surface area (Å²) in [7, 11) is -4.47. The van der Waals surface area contributed by atoms with Gasteiger partial charge in [-0.3, -0.25) is 9.52 Å². The summed E-state index contributed by atoms with van der Waals surface area (Å²) in [5.74, 6) is -0.551. The van der Waals surface area contributed by atoms with Gasteiger partial charge in [-0.1, -0.05) is 18.2 Å². The molecule has 3 rings (SSSR count). The third-order valence-electron chi connectivity index (χ3n) is 3.46. The van der Waals surface area contributed by atoms with Crippen LogP contribution in [0.1, 0.15) is 24.0 Å². The molecule has 1 amide bonds. The van der Waals surface area contributed by atoms with Gasteiger partial charge in [-0.25, -0.2) is 8.42 Å². The summed E-state index contributed by atoms with van der Waals surface area (Å²) in [5, 5.41) is 9.17. The van der Waals surface area contributed by atoms with Crippen LogP contribution in [0.5, 0.6) is 0 Å². The minimum absolute atomic E-state index is 0.0358. The van der Waals surface area contributed by atoms with Gasteiger partial charge in [-0.2, -0.15) is 0 Å². The Hall–Kier alpha value is -1.38. The van der Waals surface area contributed by atoms with Crippen LogP contribution in [0.2, 0.25) is 0 Å². The Bertz CT molecular complexity index is 656. The van der Waals surface area contributed by atoms with Crippen molar-refractivity contribution in [2.24, 2.45) is 0 Å². The van der Waals surface area contributed by atoms with Gasteiger partial charge < -0.3 is 9.68 Å². The normalized spacial score (nSPS) is 17.9. The molecule has 8 heteroatoms. The second-order valence-corrected chi connectivity index (χ2v) is 7.10. The average Bonchev–Trinajstić information content (AvgIpc) is 3.16. The van der Waals surface area contributed by atoms with Crippen LogP contribution in [0.25, 0.3) is 0 Å². The van der Waals surface area contributed by atoms with Gasteiger partial charge >= 0.3 is 7.12 Å². The zero-order chi connectivity index (χ0) is 14.3. The molecule has 0 saturated heterocycles. The molecule has 1 aliphatic heterocycles. The molecule has 1 heterocycles. The lowest BCUT2D eigenvalue weighted by molar-refractivity contribution is -0.118. The number of hydrogen-bond acceptors (Lipinski definition) is 5. The second kappa shape index (κ2) is 4.87. The van der Waals surface area contributed by atoms with E-state index in [1.54, 1.807) is 18.2 Å². The molecular formula is C12H14BNO5S. The number of sulfonamides is 1. The zero-order valence-electron chi connectivity index (χ0n) is 10.7. The topological polar surface area (TPSA) is 92.7 Å². The predicted molar refractivity (Wildman–Crippen MR) is 72.6 cm³/mol. The fourth-order valence-corrected chi connectivity index (χ4v) is 3.53. The third-order valence-corrected chi connectivity index (χ3v) is 5.32. The van der Waals surface area contributed by atoms with Crippen LogP contribution >= 0.6 is 0 Å². The maximum absolute atomic E-state index is 11.8. The highest BCUT2D eigenvalue weighted by atomic mass is 32.2. The van der Waals surface area contributed by atoms with Crippen LogP contribution in [0.15, 0.2) is 18.2 Å². The lowest BCUT2D eigenvalue weighted by Gasteiger charge is -2.07. The van der Waals surface area contributed by atoms with Gasteiger partial charge in [0.15, 0.2) is 0 Å². The van der Waals surface area contributed by atoms with E-state index in [1.165, 1.54) is 0 Å². The Balaban J connectivity index is 1.69. The van der Waals surface area contributed by atoms with Crippen molar-refractivity contribution in [1.29, 1.82) is 0 Å². The average molecular weight is 295 g/mol. The second-order valence-electron chi connectivity index (χ2n) is 5.14. The Morgan fingerprint density at radius 3 is 2.90 bits per heavy atom. The number of carbonyl (C=O) groups is 1. The highest BCUT2D eigenvalue weighted by molar-refractivity contribution is 7.90. The summed E-state index contributed by atoms with van der Waals surface area (Å²) in [4.78, 5) is 11.8. The van der Waals surface area contributed by atoms with E-state index < -0.39 is 28.3 Å². The van der Waals surface area contributed by atoms with Crippen molar-refractivity contribution < 1.29 is 22.9 Å². The van der Waals surface area contributed by atoms with Crippen LogP contribution in [-0.4, -0.2) is 31.7 Å². The molecular weight excluding hydrogens is 281 g/mol. The minimum Gasteiger partial charge on any atom is -0.423 e. The quantitative estimate of drug-likeness (QED) is 0.699. The lowest BCUT2D eigenvalue weighted by Crippen LogP contribution is -2.34. The van der Waals surface area contributed by atoms with Crippen molar-refractivity contribution in [2.45, 2.75) is 31.1 Å². The SMILES string of the molecule is O=C(Cc1ccc2c(c1)B(O)OC2)NS(=O)(=O)C1CC1. The number of amides is 1. The molecule has 0 atom stereocenters. The van der Waals surface area contributed by atoms with E-state index in [9.17, 15) is 18.2 Å². The number of benzene rings is 1. The van der Waals surface area contributed by atoms with Crippen molar-refractivity contribution in [1.82, 2.24) is 4.72 Å². The number of hydrogen-bond donors (Lipinski definition) is 2. The molecule has 0 unspecified atom stereocenters. The first-order chi connectivity index (χ1) is 9.45. The van der Waals surface area contributed by atoms with E-state index in [1.807, 2.05) is 0 Å². The standard InChI is InChI=1S/C12H14BNO5S/c15-12(14-20(17,18)10-3-4-10)6-8-1-2-9-7-19-13(16)11(9)5-8/h1-2,5,10,16H,3-4,6-7H2,(H,14,15). The Kier molecular flexibility index (Phi) is 3.31. The summed E-state index contributed by atoms with van der Waals surface area (Å²) < 4.78 is 30.4. The number of fused-ring (bicyclic) bond motifs is 1. The molecule has 1 aliphatic carbocycles. The maximum Gasteiger partial charge on any atom is 0.491 e. The summed E-state index contributed by atoms with van der Waals surface area (Å²) in [6.07, 6.45) is 1.20. The molecule has 0 radical (unpaired) electrons. The van der Waals surface area contributed by atoms with E-state index >= 15 is 0 Å². The van der Waals surface area contributed by atoms with Crippen LogP contribution in [0.4, 0.5) is 0 Å². The van der Waals surface area contributed by atoms with Crippen molar-refractivity contribution >= 4 is 28.5 Å². The molecule has 0 spiro atoms. The number of nitrogens with one attached hydrogen (secondary N) is 1. The molecule has 1 aromatic rings. The van der Waals surface area contributed by atoms with Gasteiger partial charge in [0.05, 0.1) is 18.3 Å². The Morgan fingerprint density at radius 2 is 2.20 bits per heavy atom. The van der Waals surface area contributed by atoms with Crippen molar-refractivity contribution in [3.05, 3.63) is 29.3 Å². The van der Waals surface area contributed by atoms with E-state index in [0.29, 0.717) is 30.5 Å². The predicted octanol–water partition coefficient (Wildman–Crippen LogP) is -0.945. The third kappa shape index (κ3) is 2.72. The van der Waals surface area contributed by atoms with Gasteiger partial charge in [0.25, 0.3) is 0 Å². The van der Waals surface area contributed by atoms with Crippen molar-refractivity contribution in [3.63, 3.8) is 0 Å². The molecule has 0 aromatic heterocycles.